The van der Waals surface area contributed by atoms with Crippen molar-refractivity contribution in [3.63, 3.8) is 0 Å². The van der Waals surface area contributed by atoms with Gasteiger partial charge in [0.05, 0.1) is 0 Å². The van der Waals surface area contributed by atoms with E-state index < -0.39 is 0 Å². The molecule has 0 spiro atoms. The van der Waals surface area contributed by atoms with Crippen molar-refractivity contribution in [2.24, 2.45) is 5.92 Å². The minimum Gasteiger partial charge on any atom is -0.0843 e. The molecule has 0 aromatic heterocycles. The van der Waals surface area contributed by atoms with Gasteiger partial charge in [-0.05, 0) is 36.1 Å². The van der Waals surface area contributed by atoms with E-state index in [2.05, 4.69) is 20.3 Å². The Morgan fingerprint density at radius 2 is 1.58 bits per heavy atom. The van der Waals surface area contributed by atoms with Crippen molar-refractivity contribution in [2.75, 3.05) is 0 Å². The topological polar surface area (TPSA) is 0 Å². The molecule has 1 aromatic rings. The molecule has 0 fully saturated rings. The fourth-order valence-electron chi connectivity index (χ4n) is 1.06. The fraction of sp³-hybridized carbons (Fsp3) is 0.300. The van der Waals surface area contributed by atoms with E-state index >= 15 is 0 Å². The summed E-state index contributed by atoms with van der Waals surface area (Å²) in [6, 6.07) is 5.56. The van der Waals surface area contributed by atoms with Gasteiger partial charge in [-0.2, -0.15) is 0 Å². The van der Waals surface area contributed by atoms with Crippen LogP contribution >= 0.6 is 23.2 Å². The molecule has 0 aliphatic carbocycles. The Hall–Kier alpha value is -0.200. The molecule has 0 aliphatic heterocycles. The number of benzene rings is 1. The van der Waals surface area contributed by atoms with Crippen molar-refractivity contribution in [2.45, 2.75) is 13.8 Å². The maximum absolute atomic E-state index is 5.83. The van der Waals surface area contributed by atoms with Gasteiger partial charge in [-0.1, -0.05) is 37.0 Å². The van der Waals surface area contributed by atoms with Crippen molar-refractivity contribution < 1.29 is 0 Å². The average molecular weight is 202 g/mol. The summed E-state index contributed by atoms with van der Waals surface area (Å²) >= 11 is 11.7. The lowest BCUT2D eigenvalue weighted by atomic mass is 10.0. The standard InChI is InChI=1S/C10H11Cl2/c1-7(2)3-8-4-9(11)6-10(12)5-8/h3-7H,1-2H3. The summed E-state index contributed by atoms with van der Waals surface area (Å²) in [5.74, 6) is 0.513. The van der Waals surface area contributed by atoms with E-state index in [-0.39, 0.29) is 0 Å². The second-order valence-corrected chi connectivity index (χ2v) is 3.99. The highest BCUT2D eigenvalue weighted by Crippen LogP contribution is 2.21. The van der Waals surface area contributed by atoms with E-state index in [0.29, 0.717) is 16.0 Å². The zero-order chi connectivity index (χ0) is 9.14. The van der Waals surface area contributed by atoms with E-state index in [1.54, 1.807) is 6.07 Å². The lowest BCUT2D eigenvalue weighted by Gasteiger charge is -2.04. The molecule has 0 saturated heterocycles. The molecule has 0 bridgehead atoms. The average Bonchev–Trinajstić information content (AvgIpc) is 1.81. The summed E-state index contributed by atoms with van der Waals surface area (Å²) in [6.07, 6.45) is 2.12. The van der Waals surface area contributed by atoms with Gasteiger partial charge in [-0.3, -0.25) is 0 Å². The van der Waals surface area contributed by atoms with Gasteiger partial charge in [-0.15, -0.1) is 0 Å². The van der Waals surface area contributed by atoms with Gasteiger partial charge < -0.3 is 0 Å². The molecule has 0 N–H and O–H groups in total. The smallest absolute Gasteiger partial charge is 0.0423 e. The number of hydrogen-bond acceptors (Lipinski definition) is 0. The Kier molecular flexibility index (Phi) is 3.42. The molecule has 1 aromatic carbocycles. The predicted octanol–water partition coefficient (Wildman–Crippen LogP) is 4.20. The minimum absolute atomic E-state index is 0.513. The van der Waals surface area contributed by atoms with Crippen LogP contribution < -0.4 is 0 Å². The maximum Gasteiger partial charge on any atom is 0.0423 e. The van der Waals surface area contributed by atoms with Crippen LogP contribution in [0.2, 0.25) is 10.0 Å². The third-order valence-corrected chi connectivity index (χ3v) is 1.85. The van der Waals surface area contributed by atoms with Gasteiger partial charge in [-0.25, -0.2) is 0 Å². The quantitative estimate of drug-likeness (QED) is 0.674. The lowest BCUT2D eigenvalue weighted by Crippen LogP contribution is -1.90. The molecule has 65 valence electrons. The summed E-state index contributed by atoms with van der Waals surface area (Å²) in [4.78, 5) is 0. The van der Waals surface area contributed by atoms with Crippen LogP contribution in [-0.4, -0.2) is 0 Å². The molecule has 0 amide bonds. The highest BCUT2D eigenvalue weighted by Gasteiger charge is 2.00. The van der Waals surface area contributed by atoms with Crippen LogP contribution in [0.3, 0.4) is 0 Å². The van der Waals surface area contributed by atoms with Crippen LogP contribution in [0.25, 0.3) is 0 Å². The fourth-order valence-corrected chi connectivity index (χ4v) is 1.60. The van der Waals surface area contributed by atoms with Gasteiger partial charge in [0.25, 0.3) is 0 Å². The molecule has 1 radical (unpaired) electrons. The molecule has 0 heterocycles. The Morgan fingerprint density at radius 3 is 2.00 bits per heavy atom. The summed E-state index contributed by atoms with van der Waals surface area (Å²) < 4.78 is 0. The van der Waals surface area contributed by atoms with Crippen molar-refractivity contribution in [3.05, 3.63) is 40.2 Å². The molecular weight excluding hydrogens is 191 g/mol. The largest absolute Gasteiger partial charge is 0.0843 e. The highest BCUT2D eigenvalue weighted by molar-refractivity contribution is 6.34. The van der Waals surface area contributed by atoms with Crippen LogP contribution in [-0.2, 0) is 0 Å². The molecule has 2 heteroatoms. The van der Waals surface area contributed by atoms with E-state index in [4.69, 9.17) is 23.2 Å². The van der Waals surface area contributed by atoms with Gasteiger partial charge >= 0.3 is 0 Å². The summed E-state index contributed by atoms with van der Waals surface area (Å²) in [5, 5.41) is 1.38. The Bertz CT molecular complexity index is 246. The Labute approximate surface area is 83.5 Å². The molecule has 0 saturated carbocycles. The summed E-state index contributed by atoms with van der Waals surface area (Å²) in [5.41, 5.74) is 1.09. The van der Waals surface area contributed by atoms with E-state index in [1.807, 2.05) is 12.1 Å². The Balaban J connectivity index is 2.85. The van der Waals surface area contributed by atoms with E-state index in [0.717, 1.165) is 5.56 Å². The SMILES string of the molecule is CC(C)[CH]c1cc(Cl)cc(Cl)c1. The normalized spacial score (nSPS) is 10.8. The first-order chi connectivity index (χ1) is 5.58. The predicted molar refractivity (Wildman–Crippen MR) is 54.7 cm³/mol. The van der Waals surface area contributed by atoms with Gasteiger partial charge in [0, 0.05) is 10.0 Å². The maximum atomic E-state index is 5.83. The third kappa shape index (κ3) is 3.04. The first-order valence-electron chi connectivity index (χ1n) is 3.89. The van der Waals surface area contributed by atoms with Crippen molar-refractivity contribution in [3.8, 4) is 0 Å². The molecule has 12 heavy (non-hydrogen) atoms. The van der Waals surface area contributed by atoms with Crippen LogP contribution in [0.5, 0.6) is 0 Å². The second-order valence-electron chi connectivity index (χ2n) is 3.11. The van der Waals surface area contributed by atoms with Gasteiger partial charge in [0.1, 0.15) is 0 Å². The molecule has 0 aliphatic rings. The van der Waals surface area contributed by atoms with Gasteiger partial charge in [0.2, 0.25) is 0 Å². The van der Waals surface area contributed by atoms with Crippen LogP contribution in [0.1, 0.15) is 19.4 Å². The second kappa shape index (κ2) is 4.15. The van der Waals surface area contributed by atoms with E-state index in [9.17, 15) is 0 Å². The van der Waals surface area contributed by atoms with Crippen LogP contribution in [0.15, 0.2) is 18.2 Å². The Morgan fingerprint density at radius 1 is 1.08 bits per heavy atom. The molecule has 0 atom stereocenters. The molecule has 0 nitrogen and oxygen atoms in total. The third-order valence-electron chi connectivity index (χ3n) is 1.41. The van der Waals surface area contributed by atoms with E-state index in [1.165, 1.54) is 0 Å². The van der Waals surface area contributed by atoms with Crippen molar-refractivity contribution >= 4 is 23.2 Å². The highest BCUT2D eigenvalue weighted by atomic mass is 35.5. The van der Waals surface area contributed by atoms with Gasteiger partial charge in [0.15, 0.2) is 0 Å². The van der Waals surface area contributed by atoms with Crippen molar-refractivity contribution in [1.29, 1.82) is 0 Å². The summed E-state index contributed by atoms with van der Waals surface area (Å²) in [7, 11) is 0. The van der Waals surface area contributed by atoms with Crippen LogP contribution in [0, 0.1) is 12.3 Å². The van der Waals surface area contributed by atoms with Crippen molar-refractivity contribution in [1.82, 2.24) is 0 Å². The monoisotopic (exact) mass is 201 g/mol. The van der Waals surface area contributed by atoms with Crippen LogP contribution in [0.4, 0.5) is 0 Å². The lowest BCUT2D eigenvalue weighted by molar-refractivity contribution is 0.776. The first-order valence-corrected chi connectivity index (χ1v) is 4.64. The zero-order valence-electron chi connectivity index (χ0n) is 7.14. The molecule has 0 unspecified atom stereocenters. The zero-order valence-corrected chi connectivity index (χ0v) is 8.65. The molecular formula is C10H11Cl2. The number of rotatable bonds is 2. The number of halogens is 2. The first kappa shape index (κ1) is 9.88. The minimum atomic E-state index is 0.513. The summed E-state index contributed by atoms with van der Waals surface area (Å²) in [6.45, 7) is 4.24. The number of hydrogen-bond donors (Lipinski definition) is 0. The molecule has 1 rings (SSSR count).